The Kier molecular flexibility index (Phi) is 4.77. The number of thiophene rings is 1. The molecule has 0 radical (unpaired) electrons. The molecule has 2 rings (SSSR count). The normalized spacial score (nSPS) is 13.4. The Balaban J connectivity index is 2.27. The second-order valence-electron chi connectivity index (χ2n) is 5.25. The summed E-state index contributed by atoms with van der Waals surface area (Å²) in [6.07, 6.45) is 2.99. The van der Waals surface area contributed by atoms with Crippen LogP contribution < -0.4 is 16.4 Å². The van der Waals surface area contributed by atoms with Crippen molar-refractivity contribution >= 4 is 28.2 Å². The van der Waals surface area contributed by atoms with Gasteiger partial charge in [-0.05, 0) is 24.8 Å². The fourth-order valence-electron chi connectivity index (χ4n) is 2.26. The molecule has 0 saturated carbocycles. The van der Waals surface area contributed by atoms with Crippen molar-refractivity contribution < 1.29 is 9.59 Å². The second kappa shape index (κ2) is 6.37. The Hall–Kier alpha value is -1.40. The lowest BCUT2D eigenvalue weighted by Gasteiger charge is -2.10. The number of aryl methyl sites for hydroxylation is 1. The number of hydrogen-bond acceptors (Lipinski definition) is 4. The number of carbonyl (C=O) groups excluding carboxylic acids is 2. The van der Waals surface area contributed by atoms with E-state index in [1.54, 1.807) is 0 Å². The van der Waals surface area contributed by atoms with E-state index in [4.69, 9.17) is 5.73 Å². The van der Waals surface area contributed by atoms with Crippen molar-refractivity contribution in [1.29, 1.82) is 0 Å². The molecule has 20 heavy (non-hydrogen) atoms. The van der Waals surface area contributed by atoms with E-state index in [0.717, 1.165) is 24.8 Å². The van der Waals surface area contributed by atoms with Gasteiger partial charge in [-0.25, -0.2) is 0 Å². The van der Waals surface area contributed by atoms with Gasteiger partial charge >= 0.3 is 0 Å². The molecule has 1 heterocycles. The van der Waals surface area contributed by atoms with Crippen LogP contribution in [0.15, 0.2) is 0 Å². The van der Waals surface area contributed by atoms with Crippen LogP contribution in [-0.4, -0.2) is 24.9 Å². The van der Waals surface area contributed by atoms with Crippen LogP contribution in [0.25, 0.3) is 0 Å². The van der Waals surface area contributed by atoms with E-state index in [2.05, 4.69) is 10.6 Å². The van der Waals surface area contributed by atoms with Crippen LogP contribution in [0.1, 0.15) is 41.1 Å². The lowest BCUT2D eigenvalue weighted by atomic mass is 10.1. The summed E-state index contributed by atoms with van der Waals surface area (Å²) < 4.78 is 0. The molecule has 0 bridgehead atoms. The zero-order chi connectivity index (χ0) is 14.7. The fourth-order valence-corrected chi connectivity index (χ4v) is 3.55. The predicted octanol–water partition coefficient (Wildman–Crippen LogP) is 1.52. The number of hydrogen-bond donors (Lipinski definition) is 3. The van der Waals surface area contributed by atoms with E-state index >= 15 is 0 Å². The Labute approximate surface area is 122 Å². The first kappa shape index (κ1) is 15.0. The highest BCUT2D eigenvalue weighted by atomic mass is 32.1. The van der Waals surface area contributed by atoms with Crippen molar-refractivity contribution in [1.82, 2.24) is 5.32 Å². The quantitative estimate of drug-likeness (QED) is 0.770. The van der Waals surface area contributed by atoms with Crippen LogP contribution in [0, 0.1) is 5.92 Å². The summed E-state index contributed by atoms with van der Waals surface area (Å²) >= 11 is 1.53. The zero-order valence-electron chi connectivity index (χ0n) is 11.9. The lowest BCUT2D eigenvalue weighted by molar-refractivity contribution is -0.118. The molecule has 0 fully saturated rings. The lowest BCUT2D eigenvalue weighted by Crippen LogP contribution is -2.30. The van der Waals surface area contributed by atoms with Gasteiger partial charge in [-0.1, -0.05) is 13.8 Å². The molecule has 110 valence electrons. The summed E-state index contributed by atoms with van der Waals surface area (Å²) in [6, 6.07) is 0. The average Bonchev–Trinajstić information content (AvgIpc) is 2.95. The highest BCUT2D eigenvalue weighted by Gasteiger charge is 2.27. The number of anilines is 1. The van der Waals surface area contributed by atoms with Gasteiger partial charge in [0.2, 0.25) is 5.91 Å². The minimum Gasteiger partial charge on any atom is -0.351 e. The van der Waals surface area contributed by atoms with Gasteiger partial charge in [0.05, 0.1) is 5.56 Å². The van der Waals surface area contributed by atoms with Crippen LogP contribution in [-0.2, 0) is 17.6 Å². The summed E-state index contributed by atoms with van der Waals surface area (Å²) in [5.74, 6) is -0.293. The van der Waals surface area contributed by atoms with Crippen LogP contribution >= 0.6 is 11.3 Å². The third kappa shape index (κ3) is 3.02. The van der Waals surface area contributed by atoms with E-state index in [1.165, 1.54) is 16.2 Å². The van der Waals surface area contributed by atoms with Crippen LogP contribution in [0.4, 0.5) is 5.00 Å². The SMILES string of the molecule is CC(C)C(=O)Nc1sc2c(c1C(=O)NCCN)CCC2. The van der Waals surface area contributed by atoms with E-state index < -0.39 is 0 Å². The first-order valence-electron chi connectivity index (χ1n) is 6.98. The third-order valence-electron chi connectivity index (χ3n) is 3.34. The Morgan fingerprint density at radius 2 is 2.10 bits per heavy atom. The molecule has 0 aliphatic heterocycles. The Morgan fingerprint density at radius 1 is 1.35 bits per heavy atom. The maximum absolute atomic E-state index is 12.3. The molecule has 6 heteroatoms. The Bertz CT molecular complexity index is 523. The molecule has 1 aliphatic rings. The van der Waals surface area contributed by atoms with Crippen LogP contribution in [0.2, 0.25) is 0 Å². The molecule has 0 spiro atoms. The monoisotopic (exact) mass is 295 g/mol. The predicted molar refractivity (Wildman–Crippen MR) is 81.2 cm³/mol. The smallest absolute Gasteiger partial charge is 0.254 e. The minimum absolute atomic E-state index is 0.0576. The van der Waals surface area contributed by atoms with Crippen molar-refractivity contribution in [2.75, 3.05) is 18.4 Å². The van der Waals surface area contributed by atoms with Crippen molar-refractivity contribution in [2.45, 2.75) is 33.1 Å². The molecular formula is C14H21N3O2S. The van der Waals surface area contributed by atoms with Gasteiger partial charge < -0.3 is 16.4 Å². The average molecular weight is 295 g/mol. The van der Waals surface area contributed by atoms with Gasteiger partial charge in [0, 0.05) is 23.9 Å². The standard InChI is InChI=1S/C14H21N3O2S/c1-8(2)12(18)17-14-11(13(19)16-7-6-15)9-4-3-5-10(9)20-14/h8H,3-7,15H2,1-2H3,(H,16,19)(H,17,18). The van der Waals surface area contributed by atoms with Gasteiger partial charge in [-0.3, -0.25) is 9.59 Å². The highest BCUT2D eigenvalue weighted by Crippen LogP contribution is 2.39. The minimum atomic E-state index is -0.131. The largest absolute Gasteiger partial charge is 0.351 e. The topological polar surface area (TPSA) is 84.2 Å². The molecule has 4 N–H and O–H groups in total. The molecule has 2 amide bonds. The van der Waals surface area contributed by atoms with Gasteiger partial charge in [0.25, 0.3) is 5.91 Å². The van der Waals surface area contributed by atoms with Crippen molar-refractivity contribution in [3.63, 3.8) is 0 Å². The third-order valence-corrected chi connectivity index (χ3v) is 4.55. The van der Waals surface area contributed by atoms with Gasteiger partial charge in [0.15, 0.2) is 0 Å². The summed E-state index contributed by atoms with van der Waals surface area (Å²) in [6.45, 7) is 4.53. The van der Waals surface area contributed by atoms with Gasteiger partial charge in [-0.15, -0.1) is 11.3 Å². The highest BCUT2D eigenvalue weighted by molar-refractivity contribution is 7.17. The first-order valence-corrected chi connectivity index (χ1v) is 7.80. The number of nitrogens with one attached hydrogen (secondary N) is 2. The van der Waals surface area contributed by atoms with Crippen LogP contribution in [0.5, 0.6) is 0 Å². The number of fused-ring (bicyclic) bond motifs is 1. The summed E-state index contributed by atoms with van der Waals surface area (Å²) in [5, 5.41) is 6.37. The molecule has 5 nitrogen and oxygen atoms in total. The second-order valence-corrected chi connectivity index (χ2v) is 6.36. The van der Waals surface area contributed by atoms with Crippen molar-refractivity contribution in [3.8, 4) is 0 Å². The summed E-state index contributed by atoms with van der Waals surface area (Å²) in [7, 11) is 0. The molecule has 0 aromatic carbocycles. The molecular weight excluding hydrogens is 274 g/mol. The van der Waals surface area contributed by atoms with Crippen molar-refractivity contribution in [2.24, 2.45) is 11.7 Å². The summed E-state index contributed by atoms with van der Waals surface area (Å²) in [4.78, 5) is 25.4. The number of carbonyl (C=O) groups is 2. The van der Waals surface area contributed by atoms with E-state index in [9.17, 15) is 9.59 Å². The number of nitrogens with two attached hydrogens (primary N) is 1. The van der Waals surface area contributed by atoms with Gasteiger partial charge in [0.1, 0.15) is 5.00 Å². The number of rotatable bonds is 5. The molecule has 1 aromatic heterocycles. The summed E-state index contributed by atoms with van der Waals surface area (Å²) in [5.41, 5.74) is 7.16. The molecule has 0 atom stereocenters. The van der Waals surface area contributed by atoms with Gasteiger partial charge in [-0.2, -0.15) is 0 Å². The fraction of sp³-hybridized carbons (Fsp3) is 0.571. The Morgan fingerprint density at radius 3 is 2.75 bits per heavy atom. The molecule has 0 saturated heterocycles. The van der Waals surface area contributed by atoms with E-state index in [-0.39, 0.29) is 17.7 Å². The maximum atomic E-state index is 12.3. The zero-order valence-corrected chi connectivity index (χ0v) is 12.7. The first-order chi connectivity index (χ1) is 9.54. The maximum Gasteiger partial charge on any atom is 0.254 e. The molecule has 1 aliphatic carbocycles. The molecule has 0 unspecified atom stereocenters. The van der Waals surface area contributed by atoms with E-state index in [1.807, 2.05) is 13.8 Å². The van der Waals surface area contributed by atoms with E-state index in [0.29, 0.717) is 23.7 Å². The number of amides is 2. The molecule has 1 aromatic rings. The van der Waals surface area contributed by atoms with Crippen molar-refractivity contribution in [3.05, 3.63) is 16.0 Å². The van der Waals surface area contributed by atoms with Crippen LogP contribution in [0.3, 0.4) is 0 Å².